The molecule has 4 rings (SSSR count). The van der Waals surface area contributed by atoms with Gasteiger partial charge in [0.15, 0.2) is 0 Å². The van der Waals surface area contributed by atoms with E-state index in [2.05, 4.69) is 21.7 Å². The third kappa shape index (κ3) is 4.01. The average Bonchev–Trinajstić information content (AvgIpc) is 3.12. The van der Waals surface area contributed by atoms with Gasteiger partial charge in [-0.3, -0.25) is 0 Å². The standard InChI is InChI=1S/C19H19N3O3S/c23-19(20-11-15-12-24-9-10-25-15)21-14-7-5-13(6-8-14)18-22-16-3-1-2-4-17(16)26-18/h1-8,15H,9-12H2,(H2,20,21,23)/t15-/m0/s1. The third-order valence-electron chi connectivity index (χ3n) is 4.06. The van der Waals surface area contributed by atoms with Crippen LogP contribution >= 0.6 is 11.3 Å². The highest BCUT2D eigenvalue weighted by atomic mass is 32.1. The van der Waals surface area contributed by atoms with Crippen molar-refractivity contribution in [1.29, 1.82) is 0 Å². The van der Waals surface area contributed by atoms with E-state index in [0.29, 0.717) is 26.4 Å². The molecule has 1 aromatic heterocycles. The van der Waals surface area contributed by atoms with Crippen molar-refractivity contribution < 1.29 is 14.3 Å². The number of nitrogens with one attached hydrogen (secondary N) is 2. The van der Waals surface area contributed by atoms with Gasteiger partial charge in [0.2, 0.25) is 0 Å². The van der Waals surface area contributed by atoms with Crippen molar-refractivity contribution in [3.05, 3.63) is 48.5 Å². The van der Waals surface area contributed by atoms with Crippen LogP contribution in [0.15, 0.2) is 48.5 Å². The molecule has 1 atom stereocenters. The maximum atomic E-state index is 12.0. The lowest BCUT2D eigenvalue weighted by Crippen LogP contribution is -2.41. The zero-order valence-corrected chi connectivity index (χ0v) is 14.9. The maximum Gasteiger partial charge on any atom is 0.319 e. The Morgan fingerprint density at radius 2 is 2.00 bits per heavy atom. The fraction of sp³-hybridized carbons (Fsp3) is 0.263. The van der Waals surface area contributed by atoms with Gasteiger partial charge in [-0.05, 0) is 36.4 Å². The highest BCUT2D eigenvalue weighted by Crippen LogP contribution is 2.30. The van der Waals surface area contributed by atoms with Gasteiger partial charge in [0.1, 0.15) is 5.01 Å². The molecule has 1 aliphatic heterocycles. The molecule has 26 heavy (non-hydrogen) atoms. The highest BCUT2D eigenvalue weighted by Gasteiger charge is 2.15. The molecule has 0 bridgehead atoms. The fourth-order valence-corrected chi connectivity index (χ4v) is 3.70. The molecule has 134 valence electrons. The van der Waals surface area contributed by atoms with E-state index in [-0.39, 0.29) is 12.1 Å². The molecule has 1 fully saturated rings. The second-order valence-corrected chi connectivity index (χ2v) is 7.00. The van der Waals surface area contributed by atoms with Gasteiger partial charge in [-0.1, -0.05) is 12.1 Å². The Kier molecular flexibility index (Phi) is 5.10. The van der Waals surface area contributed by atoms with E-state index in [4.69, 9.17) is 9.47 Å². The number of hydrogen-bond acceptors (Lipinski definition) is 5. The summed E-state index contributed by atoms with van der Waals surface area (Å²) in [4.78, 5) is 16.6. The first-order valence-corrected chi connectivity index (χ1v) is 9.30. The van der Waals surface area contributed by atoms with Gasteiger partial charge in [0.25, 0.3) is 0 Å². The van der Waals surface area contributed by atoms with Crippen LogP contribution in [0, 0.1) is 0 Å². The lowest BCUT2D eigenvalue weighted by Gasteiger charge is -2.23. The number of ether oxygens (including phenoxy) is 2. The second-order valence-electron chi connectivity index (χ2n) is 5.97. The normalized spacial score (nSPS) is 17.2. The quantitative estimate of drug-likeness (QED) is 0.738. The number of aromatic nitrogens is 1. The lowest BCUT2D eigenvalue weighted by atomic mass is 10.2. The minimum Gasteiger partial charge on any atom is -0.376 e. The highest BCUT2D eigenvalue weighted by molar-refractivity contribution is 7.21. The number of para-hydroxylation sites is 1. The van der Waals surface area contributed by atoms with Crippen molar-refractivity contribution in [3.8, 4) is 10.6 Å². The van der Waals surface area contributed by atoms with Gasteiger partial charge < -0.3 is 20.1 Å². The summed E-state index contributed by atoms with van der Waals surface area (Å²) < 4.78 is 12.0. The molecule has 7 heteroatoms. The van der Waals surface area contributed by atoms with Gasteiger partial charge in [0, 0.05) is 17.8 Å². The van der Waals surface area contributed by atoms with E-state index in [1.54, 1.807) is 11.3 Å². The Morgan fingerprint density at radius 1 is 1.15 bits per heavy atom. The molecule has 0 saturated carbocycles. The maximum absolute atomic E-state index is 12.0. The molecule has 0 unspecified atom stereocenters. The topological polar surface area (TPSA) is 72.5 Å². The molecular weight excluding hydrogens is 350 g/mol. The molecule has 0 aliphatic carbocycles. The number of rotatable bonds is 4. The van der Waals surface area contributed by atoms with Crippen LogP contribution in [0.25, 0.3) is 20.8 Å². The Morgan fingerprint density at radius 3 is 2.77 bits per heavy atom. The van der Waals surface area contributed by atoms with Crippen LogP contribution in [0.2, 0.25) is 0 Å². The Hall–Kier alpha value is -2.48. The molecule has 2 heterocycles. The number of benzene rings is 2. The number of urea groups is 1. The van der Waals surface area contributed by atoms with Crippen molar-refractivity contribution >= 4 is 33.3 Å². The van der Waals surface area contributed by atoms with E-state index in [9.17, 15) is 4.79 Å². The molecule has 0 radical (unpaired) electrons. The summed E-state index contributed by atoms with van der Waals surface area (Å²) in [6.07, 6.45) is -0.0871. The van der Waals surface area contributed by atoms with Crippen LogP contribution in [0.3, 0.4) is 0 Å². The predicted octanol–water partition coefficient (Wildman–Crippen LogP) is 3.50. The van der Waals surface area contributed by atoms with Crippen LogP contribution in [0.4, 0.5) is 10.5 Å². The summed E-state index contributed by atoms with van der Waals surface area (Å²) in [7, 11) is 0. The van der Waals surface area contributed by atoms with Crippen molar-refractivity contribution in [2.24, 2.45) is 0 Å². The molecule has 2 aromatic carbocycles. The van der Waals surface area contributed by atoms with Crippen molar-refractivity contribution in [1.82, 2.24) is 10.3 Å². The first-order valence-electron chi connectivity index (χ1n) is 8.48. The van der Waals surface area contributed by atoms with Crippen LogP contribution in [-0.4, -0.2) is 43.5 Å². The predicted molar refractivity (Wildman–Crippen MR) is 103 cm³/mol. The second kappa shape index (κ2) is 7.82. The van der Waals surface area contributed by atoms with E-state index in [0.717, 1.165) is 26.5 Å². The summed E-state index contributed by atoms with van der Waals surface area (Å²) in [5.74, 6) is 0. The van der Waals surface area contributed by atoms with Crippen LogP contribution in [0.1, 0.15) is 0 Å². The number of amides is 2. The molecule has 6 nitrogen and oxygen atoms in total. The van der Waals surface area contributed by atoms with Gasteiger partial charge in [-0.25, -0.2) is 9.78 Å². The molecule has 1 saturated heterocycles. The first kappa shape index (κ1) is 17.0. The largest absolute Gasteiger partial charge is 0.376 e. The van der Waals surface area contributed by atoms with E-state index < -0.39 is 0 Å². The molecule has 2 N–H and O–H groups in total. The van der Waals surface area contributed by atoms with Crippen molar-refractivity contribution in [2.75, 3.05) is 31.7 Å². The summed E-state index contributed by atoms with van der Waals surface area (Å²) >= 11 is 1.66. The van der Waals surface area contributed by atoms with Crippen LogP contribution in [-0.2, 0) is 9.47 Å². The summed E-state index contributed by atoms with van der Waals surface area (Å²) in [6, 6.07) is 15.5. The monoisotopic (exact) mass is 369 g/mol. The number of hydrogen-bond donors (Lipinski definition) is 2. The molecule has 0 spiro atoms. The molecule has 3 aromatic rings. The Bertz CT molecular complexity index is 855. The van der Waals surface area contributed by atoms with Gasteiger partial charge >= 0.3 is 6.03 Å². The summed E-state index contributed by atoms with van der Waals surface area (Å²) in [5.41, 5.74) is 2.76. The van der Waals surface area contributed by atoms with Crippen molar-refractivity contribution in [3.63, 3.8) is 0 Å². The number of thiazole rings is 1. The average molecular weight is 369 g/mol. The zero-order chi connectivity index (χ0) is 17.8. The third-order valence-corrected chi connectivity index (χ3v) is 5.14. The number of carbonyl (C=O) groups is 1. The van der Waals surface area contributed by atoms with Crippen LogP contribution < -0.4 is 10.6 Å². The number of fused-ring (bicyclic) bond motifs is 1. The number of carbonyl (C=O) groups excluding carboxylic acids is 1. The lowest BCUT2D eigenvalue weighted by molar-refractivity contribution is -0.0852. The molecule has 2 amide bonds. The Balaban J connectivity index is 1.35. The number of nitrogens with zero attached hydrogens (tertiary/aromatic N) is 1. The van der Waals surface area contributed by atoms with Crippen molar-refractivity contribution in [2.45, 2.75) is 6.10 Å². The van der Waals surface area contributed by atoms with E-state index in [1.165, 1.54) is 0 Å². The zero-order valence-electron chi connectivity index (χ0n) is 14.1. The minimum absolute atomic E-state index is 0.0871. The van der Waals surface area contributed by atoms with E-state index >= 15 is 0 Å². The summed E-state index contributed by atoms with van der Waals surface area (Å²) in [5, 5.41) is 6.59. The van der Waals surface area contributed by atoms with Crippen LogP contribution in [0.5, 0.6) is 0 Å². The van der Waals surface area contributed by atoms with Gasteiger partial charge in [-0.15, -0.1) is 11.3 Å². The number of anilines is 1. The first-order chi connectivity index (χ1) is 12.8. The van der Waals surface area contributed by atoms with E-state index in [1.807, 2.05) is 42.5 Å². The molecule has 1 aliphatic rings. The smallest absolute Gasteiger partial charge is 0.319 e. The minimum atomic E-state index is -0.257. The summed E-state index contributed by atoms with van der Waals surface area (Å²) in [6.45, 7) is 2.12. The SMILES string of the molecule is O=C(NC[C@H]1COCCO1)Nc1ccc(-c2nc3ccccc3s2)cc1. The fourth-order valence-electron chi connectivity index (χ4n) is 2.73. The molecular formula is C19H19N3O3S. The van der Waals surface area contributed by atoms with Gasteiger partial charge in [-0.2, -0.15) is 0 Å². The van der Waals surface area contributed by atoms with Gasteiger partial charge in [0.05, 0.1) is 36.1 Å². The Labute approximate surface area is 155 Å².